The molecule has 0 saturated heterocycles. The second kappa shape index (κ2) is 4.12. The maximum absolute atomic E-state index is 10.9. The zero-order chi connectivity index (χ0) is 11.6. The number of hydrogen-bond acceptors (Lipinski definition) is 4. The third kappa shape index (κ3) is 2.55. The molecule has 0 aliphatic rings. The molecule has 15 heavy (non-hydrogen) atoms. The zero-order valence-corrected chi connectivity index (χ0v) is 7.68. The van der Waals surface area contributed by atoms with E-state index in [1.807, 2.05) is 0 Å². The smallest absolute Gasteiger partial charge is 0.423 e. The molecule has 1 aromatic carbocycles. The van der Waals surface area contributed by atoms with Gasteiger partial charge in [0.1, 0.15) is 0 Å². The Kier molecular flexibility index (Phi) is 3.08. The van der Waals surface area contributed by atoms with Crippen LogP contribution in [0.2, 0.25) is 0 Å². The maximum Gasteiger partial charge on any atom is 0.488 e. The van der Waals surface area contributed by atoms with Crippen molar-refractivity contribution in [1.29, 1.82) is 0 Å². The number of rotatable bonds is 3. The molecule has 0 atom stereocenters. The minimum absolute atomic E-state index is 0.00519. The molecule has 0 heterocycles. The summed E-state index contributed by atoms with van der Waals surface area (Å²) in [6.07, 6.45) is 0. The molecule has 7 heteroatoms. The molecule has 0 spiro atoms. The molecule has 6 nitrogen and oxygen atoms in total. The molecule has 0 bridgehead atoms. The van der Waals surface area contributed by atoms with E-state index in [1.54, 1.807) is 0 Å². The van der Waals surface area contributed by atoms with Crippen molar-refractivity contribution in [2.24, 2.45) is 11.5 Å². The van der Waals surface area contributed by atoms with Gasteiger partial charge in [0.15, 0.2) is 0 Å². The predicted molar refractivity (Wildman–Crippen MR) is 53.3 cm³/mol. The Labute approximate surface area is 85.6 Å². The van der Waals surface area contributed by atoms with Crippen molar-refractivity contribution in [2.75, 3.05) is 0 Å². The first-order valence-electron chi connectivity index (χ1n) is 4.02. The Morgan fingerprint density at radius 2 is 1.40 bits per heavy atom. The van der Waals surface area contributed by atoms with Crippen molar-refractivity contribution >= 4 is 24.4 Å². The van der Waals surface area contributed by atoms with Crippen LogP contribution in [0.15, 0.2) is 18.2 Å². The van der Waals surface area contributed by atoms with E-state index in [0.29, 0.717) is 0 Å². The fourth-order valence-corrected chi connectivity index (χ4v) is 1.09. The van der Waals surface area contributed by atoms with E-state index in [9.17, 15) is 9.59 Å². The van der Waals surface area contributed by atoms with Gasteiger partial charge >= 0.3 is 7.12 Å². The molecule has 0 fully saturated rings. The molecular formula is C8H9BN2O4. The Hall–Kier alpha value is -1.86. The fraction of sp³-hybridized carbons (Fsp3) is 0. The fourth-order valence-electron chi connectivity index (χ4n) is 1.09. The lowest BCUT2D eigenvalue weighted by Gasteiger charge is -2.04. The highest BCUT2D eigenvalue weighted by atomic mass is 16.4. The lowest BCUT2D eigenvalue weighted by atomic mass is 9.78. The van der Waals surface area contributed by atoms with Gasteiger partial charge in [-0.15, -0.1) is 0 Å². The molecule has 0 aliphatic carbocycles. The summed E-state index contributed by atoms with van der Waals surface area (Å²) in [7, 11) is -1.79. The second-order valence-corrected chi connectivity index (χ2v) is 2.95. The number of hydrogen-bond donors (Lipinski definition) is 4. The lowest BCUT2D eigenvalue weighted by molar-refractivity contribution is 0.0999. The molecule has 1 rings (SSSR count). The van der Waals surface area contributed by atoms with E-state index in [4.69, 9.17) is 21.5 Å². The van der Waals surface area contributed by atoms with Crippen LogP contribution in [0.3, 0.4) is 0 Å². The Balaban J connectivity index is 3.32. The van der Waals surface area contributed by atoms with Gasteiger partial charge in [-0.25, -0.2) is 0 Å². The predicted octanol–water partition coefficient (Wildman–Crippen LogP) is -2.44. The van der Waals surface area contributed by atoms with Crippen molar-refractivity contribution in [1.82, 2.24) is 0 Å². The highest BCUT2D eigenvalue weighted by molar-refractivity contribution is 6.58. The van der Waals surface area contributed by atoms with Crippen LogP contribution in [0.5, 0.6) is 0 Å². The van der Waals surface area contributed by atoms with Gasteiger partial charge in [0, 0.05) is 11.1 Å². The molecule has 0 aromatic heterocycles. The molecule has 78 valence electrons. The van der Waals surface area contributed by atoms with Crippen LogP contribution in [0.25, 0.3) is 0 Å². The Morgan fingerprint density at radius 1 is 1.00 bits per heavy atom. The number of carbonyl (C=O) groups is 2. The van der Waals surface area contributed by atoms with Gasteiger partial charge in [0.05, 0.1) is 0 Å². The summed E-state index contributed by atoms with van der Waals surface area (Å²) in [5, 5.41) is 17.8. The number of amides is 2. The average Bonchev–Trinajstić information content (AvgIpc) is 2.16. The minimum atomic E-state index is -1.79. The third-order valence-corrected chi connectivity index (χ3v) is 1.82. The van der Waals surface area contributed by atoms with Crippen LogP contribution in [0, 0.1) is 0 Å². The van der Waals surface area contributed by atoms with Gasteiger partial charge in [-0.3, -0.25) is 9.59 Å². The first-order valence-corrected chi connectivity index (χ1v) is 4.02. The van der Waals surface area contributed by atoms with Gasteiger partial charge < -0.3 is 21.5 Å². The molecule has 6 N–H and O–H groups in total. The quantitative estimate of drug-likeness (QED) is 0.411. The largest absolute Gasteiger partial charge is 0.488 e. The van der Waals surface area contributed by atoms with E-state index >= 15 is 0 Å². The minimum Gasteiger partial charge on any atom is -0.423 e. The number of primary amides is 2. The number of nitrogens with two attached hydrogens (primary N) is 2. The average molecular weight is 208 g/mol. The second-order valence-electron chi connectivity index (χ2n) is 2.95. The van der Waals surface area contributed by atoms with Crippen molar-refractivity contribution < 1.29 is 19.6 Å². The topological polar surface area (TPSA) is 127 Å². The summed E-state index contributed by atoms with van der Waals surface area (Å²) < 4.78 is 0. The van der Waals surface area contributed by atoms with Crippen LogP contribution in [0.1, 0.15) is 20.7 Å². The molecule has 0 unspecified atom stereocenters. The van der Waals surface area contributed by atoms with Crippen molar-refractivity contribution in [2.45, 2.75) is 0 Å². The van der Waals surface area contributed by atoms with E-state index < -0.39 is 18.9 Å². The van der Waals surface area contributed by atoms with Gasteiger partial charge in [0.25, 0.3) is 0 Å². The summed E-state index contributed by atoms with van der Waals surface area (Å²) in [5.74, 6) is -1.56. The summed E-state index contributed by atoms with van der Waals surface area (Å²) in [5.41, 5.74) is 9.97. The summed E-state index contributed by atoms with van der Waals surface area (Å²) in [4.78, 5) is 21.7. The normalized spacial score (nSPS) is 9.73. The van der Waals surface area contributed by atoms with Crippen molar-refractivity contribution in [3.05, 3.63) is 29.3 Å². The van der Waals surface area contributed by atoms with Crippen LogP contribution in [-0.4, -0.2) is 29.0 Å². The van der Waals surface area contributed by atoms with Crippen LogP contribution < -0.4 is 16.9 Å². The molecular weight excluding hydrogens is 199 g/mol. The van der Waals surface area contributed by atoms with E-state index in [1.165, 1.54) is 18.2 Å². The summed E-state index contributed by atoms with van der Waals surface area (Å²) in [6.45, 7) is 0. The van der Waals surface area contributed by atoms with Gasteiger partial charge in [-0.2, -0.15) is 0 Å². The Morgan fingerprint density at radius 3 is 1.67 bits per heavy atom. The zero-order valence-electron chi connectivity index (χ0n) is 7.68. The SMILES string of the molecule is NC(=O)c1cc(B(O)O)cc(C(N)=O)c1. The van der Waals surface area contributed by atoms with Gasteiger partial charge in [-0.05, 0) is 23.7 Å². The third-order valence-electron chi connectivity index (χ3n) is 1.82. The van der Waals surface area contributed by atoms with Crippen LogP contribution >= 0.6 is 0 Å². The van der Waals surface area contributed by atoms with Crippen molar-refractivity contribution in [3.8, 4) is 0 Å². The maximum atomic E-state index is 10.9. The summed E-state index contributed by atoms with van der Waals surface area (Å²) >= 11 is 0. The van der Waals surface area contributed by atoms with Crippen molar-refractivity contribution in [3.63, 3.8) is 0 Å². The highest BCUT2D eigenvalue weighted by Gasteiger charge is 2.16. The highest BCUT2D eigenvalue weighted by Crippen LogP contribution is 2.02. The summed E-state index contributed by atoms with van der Waals surface area (Å²) in [6, 6.07) is 3.55. The molecule has 0 radical (unpaired) electrons. The number of benzene rings is 1. The molecule has 0 saturated carbocycles. The van der Waals surface area contributed by atoms with E-state index in [0.717, 1.165) is 0 Å². The van der Waals surface area contributed by atoms with E-state index in [-0.39, 0.29) is 16.6 Å². The monoisotopic (exact) mass is 208 g/mol. The lowest BCUT2D eigenvalue weighted by Crippen LogP contribution is -2.32. The van der Waals surface area contributed by atoms with E-state index in [2.05, 4.69) is 0 Å². The standard InChI is InChI=1S/C8H9BN2O4/c10-7(12)4-1-5(8(11)13)3-6(2-4)9(14)15/h1-3,14-15H,(H2,10,12)(H2,11,13). The molecule has 0 aliphatic heterocycles. The number of carbonyl (C=O) groups excluding carboxylic acids is 2. The molecule has 2 amide bonds. The van der Waals surface area contributed by atoms with Gasteiger partial charge in [-0.1, -0.05) is 0 Å². The van der Waals surface area contributed by atoms with Gasteiger partial charge in [0.2, 0.25) is 11.8 Å². The van der Waals surface area contributed by atoms with Crippen LogP contribution in [-0.2, 0) is 0 Å². The Bertz CT molecular complexity index is 387. The first-order chi connectivity index (χ1) is 6.91. The first kappa shape index (κ1) is 11.2. The molecule has 1 aromatic rings. The van der Waals surface area contributed by atoms with Crippen LogP contribution in [0.4, 0.5) is 0 Å².